The van der Waals surface area contributed by atoms with Crippen LogP contribution in [0.4, 0.5) is 0 Å². The molecular formula is C17H21ClN4O5S. The number of hydrogen-bond donors (Lipinski definition) is 3. The van der Waals surface area contributed by atoms with E-state index in [-0.39, 0.29) is 24.4 Å². The minimum Gasteiger partial charge on any atom is -0.481 e. The van der Waals surface area contributed by atoms with Crippen molar-refractivity contribution in [2.75, 3.05) is 6.54 Å². The molecule has 1 amide bonds. The number of sulfonamides is 1. The van der Waals surface area contributed by atoms with Crippen LogP contribution in [-0.2, 0) is 26.2 Å². The zero-order valence-electron chi connectivity index (χ0n) is 14.9. The molecule has 1 atom stereocenters. The summed E-state index contributed by atoms with van der Waals surface area (Å²) >= 11 is 5.79. The molecule has 0 saturated heterocycles. The highest BCUT2D eigenvalue weighted by molar-refractivity contribution is 7.89. The van der Waals surface area contributed by atoms with E-state index in [0.29, 0.717) is 17.9 Å². The zero-order valence-corrected chi connectivity index (χ0v) is 16.5. The molecule has 0 aliphatic carbocycles. The Hall–Kier alpha value is -2.43. The molecule has 28 heavy (non-hydrogen) atoms. The van der Waals surface area contributed by atoms with Crippen LogP contribution >= 0.6 is 11.6 Å². The van der Waals surface area contributed by atoms with Gasteiger partial charge in [0.1, 0.15) is 6.04 Å². The first-order valence-electron chi connectivity index (χ1n) is 8.51. The summed E-state index contributed by atoms with van der Waals surface area (Å²) in [6.07, 6.45) is 5.51. The molecule has 0 fully saturated rings. The van der Waals surface area contributed by atoms with Crippen LogP contribution in [0.2, 0.25) is 5.02 Å². The fraction of sp³-hybridized carbons (Fsp3) is 0.353. The predicted molar refractivity (Wildman–Crippen MR) is 102 cm³/mol. The number of hydrogen-bond acceptors (Lipinski definition) is 5. The molecular weight excluding hydrogens is 408 g/mol. The van der Waals surface area contributed by atoms with Crippen molar-refractivity contribution in [2.45, 2.75) is 36.7 Å². The minimum absolute atomic E-state index is 0.0114. The smallest absolute Gasteiger partial charge is 0.303 e. The number of nitrogens with zero attached hydrogens (tertiary/aromatic N) is 2. The van der Waals surface area contributed by atoms with Gasteiger partial charge in [0.25, 0.3) is 0 Å². The molecule has 152 valence electrons. The van der Waals surface area contributed by atoms with E-state index in [2.05, 4.69) is 15.0 Å². The molecule has 1 aromatic heterocycles. The van der Waals surface area contributed by atoms with E-state index in [4.69, 9.17) is 16.7 Å². The molecule has 1 heterocycles. The number of imidazole rings is 1. The molecule has 2 aromatic rings. The van der Waals surface area contributed by atoms with E-state index in [1.807, 2.05) is 0 Å². The van der Waals surface area contributed by atoms with Crippen molar-refractivity contribution in [3.05, 3.63) is 48.0 Å². The molecule has 1 aromatic carbocycles. The number of unbranched alkanes of at least 4 members (excludes halogenated alkanes) is 1. The second-order valence-corrected chi connectivity index (χ2v) is 8.18. The van der Waals surface area contributed by atoms with Gasteiger partial charge in [-0.05, 0) is 37.1 Å². The molecule has 9 nitrogen and oxygen atoms in total. The number of benzene rings is 1. The number of rotatable bonds is 11. The lowest BCUT2D eigenvalue weighted by Gasteiger charge is -2.19. The Kier molecular flexibility index (Phi) is 7.97. The van der Waals surface area contributed by atoms with E-state index in [1.165, 1.54) is 36.8 Å². The fourth-order valence-electron chi connectivity index (χ4n) is 2.38. The lowest BCUT2D eigenvalue weighted by atomic mass is 10.2. The quantitative estimate of drug-likeness (QED) is 0.462. The number of carbonyl (C=O) groups is 2. The Labute approximate surface area is 167 Å². The highest BCUT2D eigenvalue weighted by atomic mass is 35.5. The molecule has 11 heteroatoms. The summed E-state index contributed by atoms with van der Waals surface area (Å²) in [5.74, 6) is -1.42. The number of aliphatic carboxylic acids is 1. The van der Waals surface area contributed by atoms with Crippen molar-refractivity contribution >= 4 is 33.5 Å². The third-order valence-electron chi connectivity index (χ3n) is 3.81. The average molecular weight is 429 g/mol. The zero-order chi connectivity index (χ0) is 20.6. The Morgan fingerprint density at radius 1 is 1.21 bits per heavy atom. The normalized spacial score (nSPS) is 12.5. The molecule has 0 aliphatic rings. The third kappa shape index (κ3) is 6.95. The van der Waals surface area contributed by atoms with Gasteiger partial charge in [-0.1, -0.05) is 11.6 Å². The van der Waals surface area contributed by atoms with Crippen LogP contribution in [0.3, 0.4) is 0 Å². The summed E-state index contributed by atoms with van der Waals surface area (Å²) in [5, 5.41) is 11.7. The van der Waals surface area contributed by atoms with Crippen LogP contribution in [0.15, 0.2) is 47.9 Å². The summed E-state index contributed by atoms with van der Waals surface area (Å²) < 4.78 is 29.2. The fourth-order valence-corrected chi connectivity index (χ4v) is 3.70. The van der Waals surface area contributed by atoms with Gasteiger partial charge >= 0.3 is 5.97 Å². The maximum absolute atomic E-state index is 12.6. The summed E-state index contributed by atoms with van der Waals surface area (Å²) in [7, 11) is -3.95. The van der Waals surface area contributed by atoms with Crippen molar-refractivity contribution in [3.63, 3.8) is 0 Å². The first kappa shape index (κ1) is 21.9. The standard InChI is InChI=1S/C17H21ClN4O5S/c18-13-4-6-14(7-5-13)28(26,27)21-15(11-22-10-9-19-12-22)17(25)20-8-2-1-3-16(23)24/h4-7,9-10,12,15,21H,1-3,8,11H2,(H,20,25)(H,23,24)/t15-/m0/s1. The van der Waals surface area contributed by atoms with Crippen molar-refractivity contribution in [3.8, 4) is 0 Å². The summed E-state index contributed by atoms with van der Waals surface area (Å²) in [5.41, 5.74) is 0. The second-order valence-electron chi connectivity index (χ2n) is 6.03. The van der Waals surface area contributed by atoms with Crippen LogP contribution < -0.4 is 10.0 Å². The summed E-state index contributed by atoms with van der Waals surface area (Å²) in [4.78, 5) is 26.9. The molecule has 0 spiro atoms. The van der Waals surface area contributed by atoms with Crippen LogP contribution in [0.1, 0.15) is 19.3 Å². The topological polar surface area (TPSA) is 130 Å². The van der Waals surface area contributed by atoms with Gasteiger partial charge in [-0.25, -0.2) is 13.4 Å². The molecule has 0 saturated carbocycles. The van der Waals surface area contributed by atoms with Gasteiger partial charge in [-0.2, -0.15) is 4.72 Å². The second kappa shape index (κ2) is 10.2. The van der Waals surface area contributed by atoms with Crippen LogP contribution in [0, 0.1) is 0 Å². The Morgan fingerprint density at radius 3 is 2.54 bits per heavy atom. The SMILES string of the molecule is O=C(O)CCCCNC(=O)[C@H](Cn1ccnc1)NS(=O)(=O)c1ccc(Cl)cc1. The van der Waals surface area contributed by atoms with Crippen molar-refractivity contribution in [1.29, 1.82) is 0 Å². The van der Waals surface area contributed by atoms with Gasteiger partial charge < -0.3 is 15.0 Å². The number of carboxylic acid groups (broad SMARTS) is 1. The molecule has 3 N–H and O–H groups in total. The van der Waals surface area contributed by atoms with Gasteiger partial charge in [0.15, 0.2) is 0 Å². The van der Waals surface area contributed by atoms with Gasteiger partial charge in [-0.3, -0.25) is 9.59 Å². The third-order valence-corrected chi connectivity index (χ3v) is 5.55. The Balaban J connectivity index is 2.05. The monoisotopic (exact) mass is 428 g/mol. The number of nitrogens with one attached hydrogen (secondary N) is 2. The summed E-state index contributed by atoms with van der Waals surface area (Å²) in [6, 6.07) is 4.52. The highest BCUT2D eigenvalue weighted by Gasteiger charge is 2.26. The van der Waals surface area contributed by atoms with E-state index in [9.17, 15) is 18.0 Å². The van der Waals surface area contributed by atoms with Gasteiger partial charge in [0, 0.05) is 36.9 Å². The maximum Gasteiger partial charge on any atom is 0.303 e. The lowest BCUT2D eigenvalue weighted by molar-refractivity contribution is -0.137. The Bertz CT molecular complexity index is 885. The maximum atomic E-state index is 12.6. The molecule has 2 rings (SSSR count). The molecule has 0 aliphatic heterocycles. The Morgan fingerprint density at radius 2 is 1.93 bits per heavy atom. The van der Waals surface area contributed by atoms with Gasteiger partial charge in [0.05, 0.1) is 11.2 Å². The number of carboxylic acids is 1. The number of aromatic nitrogens is 2. The first-order valence-corrected chi connectivity index (χ1v) is 10.4. The van der Waals surface area contributed by atoms with E-state index in [0.717, 1.165) is 0 Å². The van der Waals surface area contributed by atoms with E-state index >= 15 is 0 Å². The summed E-state index contributed by atoms with van der Waals surface area (Å²) in [6.45, 7) is 0.295. The van der Waals surface area contributed by atoms with Crippen molar-refractivity contribution < 1.29 is 23.1 Å². The van der Waals surface area contributed by atoms with Crippen LogP contribution in [-0.4, -0.2) is 47.5 Å². The molecule has 0 radical (unpaired) electrons. The van der Waals surface area contributed by atoms with Gasteiger partial charge in [0.2, 0.25) is 15.9 Å². The largest absolute Gasteiger partial charge is 0.481 e. The average Bonchev–Trinajstić information content (AvgIpc) is 3.13. The predicted octanol–water partition coefficient (Wildman–Crippen LogP) is 1.25. The van der Waals surface area contributed by atoms with Crippen molar-refractivity contribution in [1.82, 2.24) is 19.6 Å². The van der Waals surface area contributed by atoms with Crippen LogP contribution in [0.5, 0.6) is 0 Å². The minimum atomic E-state index is -3.95. The van der Waals surface area contributed by atoms with E-state index < -0.39 is 27.9 Å². The number of carbonyl (C=O) groups excluding carboxylic acids is 1. The van der Waals surface area contributed by atoms with E-state index in [1.54, 1.807) is 10.8 Å². The number of amides is 1. The molecule has 0 unspecified atom stereocenters. The first-order chi connectivity index (χ1) is 13.3. The number of halogens is 1. The lowest BCUT2D eigenvalue weighted by Crippen LogP contribution is -2.49. The van der Waals surface area contributed by atoms with Crippen molar-refractivity contribution in [2.24, 2.45) is 0 Å². The van der Waals surface area contributed by atoms with Crippen LogP contribution in [0.25, 0.3) is 0 Å². The highest BCUT2D eigenvalue weighted by Crippen LogP contribution is 2.14. The van der Waals surface area contributed by atoms with Gasteiger partial charge in [-0.15, -0.1) is 0 Å². The molecule has 0 bridgehead atoms.